The van der Waals surface area contributed by atoms with Gasteiger partial charge in [-0.05, 0) is 82.7 Å². The van der Waals surface area contributed by atoms with E-state index >= 15 is 0 Å². The van der Waals surface area contributed by atoms with Crippen LogP contribution in [-0.4, -0.2) is 0 Å². The van der Waals surface area contributed by atoms with Gasteiger partial charge in [0.25, 0.3) is 0 Å². The Morgan fingerprint density at radius 2 is 1.19 bits per heavy atom. The van der Waals surface area contributed by atoms with E-state index in [1.165, 1.54) is 63.1 Å². The highest BCUT2D eigenvalue weighted by atomic mass is 32.1. The minimum atomic E-state index is 0.866. The second kappa shape index (κ2) is 9.84. The Hall–Kier alpha value is -4.90. The lowest BCUT2D eigenvalue weighted by atomic mass is 9.98. The van der Waals surface area contributed by atoms with Gasteiger partial charge in [-0.15, -0.1) is 22.7 Å². The maximum Gasteiger partial charge on any atom is 0.0476 e. The van der Waals surface area contributed by atoms with Gasteiger partial charge in [0.15, 0.2) is 0 Å². The van der Waals surface area contributed by atoms with Crippen molar-refractivity contribution in [1.29, 1.82) is 0 Å². The molecule has 6 aromatic carbocycles. The number of nitrogens with zero attached hydrogens (tertiary/aromatic N) is 1. The van der Waals surface area contributed by atoms with E-state index in [-0.39, 0.29) is 0 Å². The Labute approximate surface area is 258 Å². The van der Waals surface area contributed by atoms with Gasteiger partial charge in [0, 0.05) is 64.6 Å². The molecule has 204 valence electrons. The van der Waals surface area contributed by atoms with Crippen LogP contribution in [0.5, 0.6) is 0 Å². The van der Waals surface area contributed by atoms with E-state index in [1.54, 1.807) is 0 Å². The summed E-state index contributed by atoms with van der Waals surface area (Å²) in [6, 6.07) is 50.8. The predicted molar refractivity (Wildman–Crippen MR) is 188 cm³/mol. The lowest BCUT2D eigenvalue weighted by molar-refractivity contribution is 1.16. The van der Waals surface area contributed by atoms with Crippen LogP contribution in [-0.2, 0) is 6.54 Å². The third-order valence-corrected chi connectivity index (χ3v) is 10.9. The van der Waals surface area contributed by atoms with Crippen LogP contribution in [0.25, 0.3) is 51.8 Å². The molecular formula is C39H26N2S2. The third-order valence-electron chi connectivity index (χ3n) is 8.51. The summed E-state index contributed by atoms with van der Waals surface area (Å²) in [5.74, 6) is 0. The summed E-state index contributed by atoms with van der Waals surface area (Å²) in [6.45, 7) is 0.866. The highest BCUT2D eigenvalue weighted by molar-refractivity contribution is 7.25. The number of anilines is 4. The quantitative estimate of drug-likeness (QED) is 0.221. The fourth-order valence-electron chi connectivity index (χ4n) is 6.42. The van der Waals surface area contributed by atoms with Crippen molar-refractivity contribution in [3.8, 4) is 21.6 Å². The topological polar surface area (TPSA) is 15.3 Å². The maximum atomic E-state index is 3.63. The number of para-hydroxylation sites is 2. The van der Waals surface area contributed by atoms with E-state index in [2.05, 4.69) is 150 Å². The number of fused-ring (bicyclic) bond motifs is 8. The molecule has 2 nitrogen and oxygen atoms in total. The fourth-order valence-corrected chi connectivity index (χ4v) is 8.80. The first-order valence-corrected chi connectivity index (χ1v) is 16.2. The summed E-state index contributed by atoms with van der Waals surface area (Å²) in [4.78, 5) is 3.75. The Bertz CT molecular complexity index is 2290. The summed E-state index contributed by atoms with van der Waals surface area (Å²) < 4.78 is 3.98. The minimum absolute atomic E-state index is 0.866. The first-order chi connectivity index (χ1) is 21.3. The normalized spacial score (nSPS) is 12.3. The molecule has 0 atom stereocenters. The van der Waals surface area contributed by atoms with E-state index < -0.39 is 0 Å². The number of hydrogen-bond donors (Lipinski definition) is 1. The van der Waals surface area contributed by atoms with Gasteiger partial charge in [-0.25, -0.2) is 0 Å². The van der Waals surface area contributed by atoms with E-state index in [9.17, 15) is 0 Å². The number of rotatable bonds is 4. The van der Waals surface area contributed by atoms with Gasteiger partial charge in [-0.2, -0.15) is 0 Å². The molecule has 0 fully saturated rings. The molecule has 0 unspecified atom stereocenters. The summed E-state index contributed by atoms with van der Waals surface area (Å²) in [7, 11) is 0. The molecule has 0 spiro atoms. The van der Waals surface area contributed by atoms with Crippen molar-refractivity contribution in [3.63, 3.8) is 0 Å². The number of hydrogen-bond acceptors (Lipinski definition) is 4. The monoisotopic (exact) mass is 586 g/mol. The van der Waals surface area contributed by atoms with Crippen LogP contribution in [0.1, 0.15) is 5.56 Å². The zero-order chi connectivity index (χ0) is 28.3. The molecule has 9 rings (SSSR count). The summed E-state index contributed by atoms with van der Waals surface area (Å²) in [5.41, 5.74) is 9.87. The molecule has 0 aliphatic carbocycles. The second-order valence-corrected chi connectivity index (χ2v) is 13.2. The number of benzene rings is 6. The van der Waals surface area contributed by atoms with Crippen LogP contribution in [0.3, 0.4) is 0 Å². The Balaban J connectivity index is 1.11. The van der Waals surface area contributed by atoms with E-state index in [0.29, 0.717) is 0 Å². The molecule has 43 heavy (non-hydrogen) atoms. The molecule has 0 bridgehead atoms. The first-order valence-electron chi connectivity index (χ1n) is 14.6. The van der Waals surface area contributed by atoms with Crippen molar-refractivity contribution in [2.75, 3.05) is 10.2 Å². The molecule has 0 radical (unpaired) electrons. The third kappa shape index (κ3) is 4.06. The van der Waals surface area contributed by atoms with Crippen molar-refractivity contribution in [3.05, 3.63) is 145 Å². The van der Waals surface area contributed by atoms with Gasteiger partial charge in [-0.3, -0.25) is 0 Å². The molecule has 1 aliphatic heterocycles. The number of nitrogens with one attached hydrogen (secondary N) is 1. The molecular weight excluding hydrogens is 561 g/mol. The van der Waals surface area contributed by atoms with Gasteiger partial charge in [0.1, 0.15) is 0 Å². The Kier molecular flexibility index (Phi) is 5.65. The van der Waals surface area contributed by atoms with Gasteiger partial charge < -0.3 is 10.2 Å². The van der Waals surface area contributed by atoms with Crippen molar-refractivity contribution in [1.82, 2.24) is 0 Å². The van der Waals surface area contributed by atoms with E-state index in [4.69, 9.17) is 0 Å². The van der Waals surface area contributed by atoms with Crippen molar-refractivity contribution < 1.29 is 0 Å². The van der Waals surface area contributed by atoms with Crippen LogP contribution in [0, 0.1) is 0 Å². The van der Waals surface area contributed by atoms with Gasteiger partial charge in [0.05, 0.1) is 0 Å². The highest BCUT2D eigenvalue weighted by Crippen LogP contribution is 2.46. The van der Waals surface area contributed by atoms with Crippen LogP contribution >= 0.6 is 22.7 Å². The van der Waals surface area contributed by atoms with Crippen LogP contribution in [0.2, 0.25) is 0 Å². The van der Waals surface area contributed by atoms with Gasteiger partial charge in [0.2, 0.25) is 0 Å². The molecule has 2 aromatic heterocycles. The Morgan fingerprint density at radius 1 is 0.488 bits per heavy atom. The van der Waals surface area contributed by atoms with Crippen molar-refractivity contribution >= 4 is 75.7 Å². The largest absolute Gasteiger partial charge is 0.380 e. The van der Waals surface area contributed by atoms with Crippen molar-refractivity contribution in [2.45, 2.75) is 6.54 Å². The molecule has 0 saturated heterocycles. The van der Waals surface area contributed by atoms with Crippen LogP contribution in [0.4, 0.5) is 22.7 Å². The first kappa shape index (κ1) is 24.7. The average molecular weight is 587 g/mol. The average Bonchev–Trinajstić information content (AvgIpc) is 3.63. The van der Waals surface area contributed by atoms with Crippen LogP contribution < -0.4 is 10.2 Å². The van der Waals surface area contributed by atoms with Crippen molar-refractivity contribution in [2.24, 2.45) is 0 Å². The molecule has 1 aliphatic rings. The van der Waals surface area contributed by atoms with Crippen LogP contribution in [0.15, 0.2) is 140 Å². The smallest absolute Gasteiger partial charge is 0.0476 e. The molecule has 1 N–H and O–H groups in total. The van der Waals surface area contributed by atoms with E-state index in [0.717, 1.165) is 23.6 Å². The summed E-state index contributed by atoms with van der Waals surface area (Å²) in [5, 5.41) is 7.62. The zero-order valence-corrected chi connectivity index (χ0v) is 24.9. The van der Waals surface area contributed by atoms with Gasteiger partial charge >= 0.3 is 0 Å². The summed E-state index contributed by atoms with van der Waals surface area (Å²) in [6.07, 6.45) is 0. The molecule has 3 heterocycles. The van der Waals surface area contributed by atoms with Gasteiger partial charge in [-0.1, -0.05) is 78.9 Å². The van der Waals surface area contributed by atoms with E-state index in [1.807, 2.05) is 22.7 Å². The maximum absolute atomic E-state index is 3.63. The Morgan fingerprint density at radius 3 is 2.09 bits per heavy atom. The number of thiophene rings is 2. The lowest BCUT2D eigenvalue weighted by Gasteiger charge is -2.25. The molecule has 0 saturated carbocycles. The summed E-state index contributed by atoms with van der Waals surface area (Å²) >= 11 is 3.76. The molecule has 8 aromatic rings. The minimum Gasteiger partial charge on any atom is -0.380 e. The fraction of sp³-hybridized carbons (Fsp3) is 0.0256. The zero-order valence-electron chi connectivity index (χ0n) is 23.2. The lowest BCUT2D eigenvalue weighted by Crippen LogP contribution is -2.09. The standard InChI is InChI=1S/C39H26N2S2/c1-2-8-27(9-3-1)41(29-19-20-31-30-10-5-7-13-36(30)42-38(31)23-29)28-17-14-25(15-18-28)26-16-21-37-33(22-26)34-24-40-35-12-6-4-11-32(35)39(34)43-37/h1-23,40H,24H2. The molecule has 0 amide bonds. The SMILES string of the molecule is c1ccc(N(c2ccc(-c3ccc4sc5c(c4c3)CNc3ccccc3-5)cc2)c2ccc3c(c2)sc2ccccc23)cc1. The highest BCUT2D eigenvalue weighted by Gasteiger charge is 2.21. The second-order valence-electron chi connectivity index (χ2n) is 11.0. The predicted octanol–water partition coefficient (Wildman–Crippen LogP) is 12.0. The molecule has 4 heteroatoms.